The molecule has 0 aromatic carbocycles. The van der Waals surface area contributed by atoms with Crippen LogP contribution in [0.15, 0.2) is 0 Å². The fraction of sp³-hybridized carbons (Fsp3) is 1.00. The van der Waals surface area contributed by atoms with Gasteiger partial charge in [-0.1, -0.05) is 52.4 Å². The Balaban J connectivity index is 2.38. The standard InChI is InChI=1S/C14H29N/c1-3-10-14(15-4-2)13-11-8-6-5-7-9-12-13/h13-15H,3-12H2,1-2H3. The van der Waals surface area contributed by atoms with Gasteiger partial charge in [0, 0.05) is 6.04 Å². The highest BCUT2D eigenvalue weighted by Crippen LogP contribution is 2.26. The Kier molecular flexibility index (Phi) is 7.08. The van der Waals surface area contributed by atoms with Gasteiger partial charge in [-0.2, -0.15) is 0 Å². The van der Waals surface area contributed by atoms with Crippen molar-refractivity contribution in [1.29, 1.82) is 0 Å². The Morgan fingerprint density at radius 1 is 1.00 bits per heavy atom. The van der Waals surface area contributed by atoms with Gasteiger partial charge < -0.3 is 5.32 Å². The topological polar surface area (TPSA) is 12.0 Å². The van der Waals surface area contributed by atoms with Crippen LogP contribution in [0.1, 0.15) is 71.6 Å². The van der Waals surface area contributed by atoms with Crippen molar-refractivity contribution in [2.75, 3.05) is 6.54 Å². The van der Waals surface area contributed by atoms with E-state index in [2.05, 4.69) is 19.2 Å². The quantitative estimate of drug-likeness (QED) is 0.721. The number of hydrogen-bond acceptors (Lipinski definition) is 1. The van der Waals surface area contributed by atoms with Crippen molar-refractivity contribution in [3.63, 3.8) is 0 Å². The van der Waals surface area contributed by atoms with Crippen molar-refractivity contribution in [3.8, 4) is 0 Å². The fourth-order valence-corrected chi connectivity index (χ4v) is 2.97. The molecule has 0 amide bonds. The van der Waals surface area contributed by atoms with E-state index in [-0.39, 0.29) is 0 Å². The Bertz CT molecular complexity index is 130. The van der Waals surface area contributed by atoms with Crippen LogP contribution >= 0.6 is 0 Å². The molecule has 1 rings (SSSR count). The lowest BCUT2D eigenvalue weighted by atomic mass is 9.84. The molecule has 0 spiro atoms. The van der Waals surface area contributed by atoms with E-state index in [9.17, 15) is 0 Å². The van der Waals surface area contributed by atoms with Gasteiger partial charge in [0.05, 0.1) is 0 Å². The molecule has 1 heteroatoms. The zero-order valence-electron chi connectivity index (χ0n) is 10.7. The van der Waals surface area contributed by atoms with Crippen LogP contribution in [0.2, 0.25) is 0 Å². The van der Waals surface area contributed by atoms with E-state index in [1.165, 1.54) is 57.8 Å². The van der Waals surface area contributed by atoms with Crippen LogP contribution in [0.5, 0.6) is 0 Å². The molecule has 1 unspecified atom stereocenters. The average Bonchev–Trinajstić information content (AvgIpc) is 2.17. The molecule has 1 aliphatic rings. The Labute approximate surface area is 96.0 Å². The van der Waals surface area contributed by atoms with Crippen LogP contribution < -0.4 is 5.32 Å². The first-order chi connectivity index (χ1) is 7.38. The van der Waals surface area contributed by atoms with Crippen molar-refractivity contribution in [3.05, 3.63) is 0 Å². The highest BCUT2D eigenvalue weighted by molar-refractivity contribution is 4.77. The van der Waals surface area contributed by atoms with Crippen molar-refractivity contribution in [2.24, 2.45) is 5.92 Å². The average molecular weight is 211 g/mol. The fourth-order valence-electron chi connectivity index (χ4n) is 2.97. The van der Waals surface area contributed by atoms with Crippen molar-refractivity contribution >= 4 is 0 Å². The van der Waals surface area contributed by atoms with Gasteiger partial charge in [0.15, 0.2) is 0 Å². The van der Waals surface area contributed by atoms with Gasteiger partial charge in [-0.05, 0) is 31.7 Å². The summed E-state index contributed by atoms with van der Waals surface area (Å²) in [6.07, 6.45) is 13.0. The van der Waals surface area contributed by atoms with Crippen LogP contribution in [0.3, 0.4) is 0 Å². The second kappa shape index (κ2) is 8.15. The predicted molar refractivity (Wildman–Crippen MR) is 68.2 cm³/mol. The summed E-state index contributed by atoms with van der Waals surface area (Å²) in [5.74, 6) is 0.963. The molecule has 1 fully saturated rings. The molecule has 0 aromatic rings. The summed E-state index contributed by atoms with van der Waals surface area (Å²) < 4.78 is 0. The Morgan fingerprint density at radius 2 is 1.60 bits per heavy atom. The summed E-state index contributed by atoms with van der Waals surface area (Å²) in [5, 5.41) is 3.70. The third-order valence-corrected chi connectivity index (χ3v) is 3.78. The summed E-state index contributed by atoms with van der Waals surface area (Å²) in [6.45, 7) is 5.69. The Morgan fingerprint density at radius 3 is 2.13 bits per heavy atom. The molecule has 0 saturated heterocycles. The molecule has 0 bridgehead atoms. The SMILES string of the molecule is CCCC(NCC)C1CCCCCCC1. The minimum Gasteiger partial charge on any atom is -0.314 e. The van der Waals surface area contributed by atoms with Gasteiger partial charge in [0.2, 0.25) is 0 Å². The highest BCUT2D eigenvalue weighted by atomic mass is 14.9. The normalized spacial score (nSPS) is 22.0. The van der Waals surface area contributed by atoms with E-state index in [0.717, 1.165) is 18.5 Å². The molecular formula is C14H29N. The molecule has 0 radical (unpaired) electrons. The molecular weight excluding hydrogens is 182 g/mol. The Hall–Kier alpha value is -0.0400. The smallest absolute Gasteiger partial charge is 0.00951 e. The van der Waals surface area contributed by atoms with Crippen LogP contribution in [0, 0.1) is 5.92 Å². The van der Waals surface area contributed by atoms with Gasteiger partial charge >= 0.3 is 0 Å². The van der Waals surface area contributed by atoms with E-state index < -0.39 is 0 Å². The van der Waals surface area contributed by atoms with E-state index in [1.807, 2.05) is 0 Å². The maximum atomic E-state index is 3.70. The van der Waals surface area contributed by atoms with Crippen LogP contribution in [0.25, 0.3) is 0 Å². The molecule has 0 aliphatic heterocycles. The number of hydrogen-bond donors (Lipinski definition) is 1. The maximum Gasteiger partial charge on any atom is 0.00951 e. The zero-order valence-corrected chi connectivity index (χ0v) is 10.7. The lowest BCUT2D eigenvalue weighted by molar-refractivity contribution is 0.275. The van der Waals surface area contributed by atoms with Crippen molar-refractivity contribution in [2.45, 2.75) is 77.7 Å². The van der Waals surface area contributed by atoms with Gasteiger partial charge in [0.25, 0.3) is 0 Å². The van der Waals surface area contributed by atoms with E-state index in [4.69, 9.17) is 0 Å². The second-order valence-electron chi connectivity index (χ2n) is 5.06. The minimum absolute atomic E-state index is 0.804. The summed E-state index contributed by atoms with van der Waals surface area (Å²) in [5.41, 5.74) is 0. The molecule has 90 valence electrons. The monoisotopic (exact) mass is 211 g/mol. The van der Waals surface area contributed by atoms with Crippen LogP contribution in [-0.2, 0) is 0 Å². The van der Waals surface area contributed by atoms with Crippen LogP contribution in [0.4, 0.5) is 0 Å². The third-order valence-electron chi connectivity index (χ3n) is 3.78. The molecule has 1 aliphatic carbocycles. The van der Waals surface area contributed by atoms with E-state index in [0.29, 0.717) is 0 Å². The second-order valence-corrected chi connectivity index (χ2v) is 5.06. The first-order valence-corrected chi connectivity index (χ1v) is 7.11. The largest absolute Gasteiger partial charge is 0.314 e. The van der Waals surface area contributed by atoms with Crippen molar-refractivity contribution < 1.29 is 0 Å². The van der Waals surface area contributed by atoms with Crippen LogP contribution in [-0.4, -0.2) is 12.6 Å². The summed E-state index contributed by atoms with van der Waals surface area (Å²) in [7, 11) is 0. The highest BCUT2D eigenvalue weighted by Gasteiger charge is 2.20. The molecule has 15 heavy (non-hydrogen) atoms. The molecule has 1 atom stereocenters. The van der Waals surface area contributed by atoms with Gasteiger partial charge in [0.1, 0.15) is 0 Å². The summed E-state index contributed by atoms with van der Waals surface area (Å²) >= 11 is 0. The first-order valence-electron chi connectivity index (χ1n) is 7.11. The van der Waals surface area contributed by atoms with Gasteiger partial charge in [-0.25, -0.2) is 0 Å². The minimum atomic E-state index is 0.804. The van der Waals surface area contributed by atoms with Crippen molar-refractivity contribution in [1.82, 2.24) is 5.32 Å². The lowest BCUT2D eigenvalue weighted by Crippen LogP contribution is -2.36. The number of nitrogens with one attached hydrogen (secondary N) is 1. The molecule has 0 aromatic heterocycles. The predicted octanol–water partition coefficient (Wildman–Crippen LogP) is 4.13. The number of rotatable bonds is 5. The molecule has 1 N–H and O–H groups in total. The maximum absolute atomic E-state index is 3.70. The first kappa shape index (κ1) is 13.0. The van der Waals surface area contributed by atoms with E-state index >= 15 is 0 Å². The summed E-state index contributed by atoms with van der Waals surface area (Å²) in [4.78, 5) is 0. The van der Waals surface area contributed by atoms with Gasteiger partial charge in [-0.15, -0.1) is 0 Å². The zero-order chi connectivity index (χ0) is 10.9. The molecule has 1 nitrogen and oxygen atoms in total. The van der Waals surface area contributed by atoms with Gasteiger partial charge in [-0.3, -0.25) is 0 Å². The molecule has 1 saturated carbocycles. The lowest BCUT2D eigenvalue weighted by Gasteiger charge is -2.29. The molecule has 0 heterocycles. The third kappa shape index (κ3) is 5.01. The van der Waals surface area contributed by atoms with E-state index in [1.54, 1.807) is 0 Å². The summed E-state index contributed by atoms with van der Waals surface area (Å²) in [6, 6.07) is 0.804.